The molecular formula is C19H22N2O6. The molecule has 2 rings (SSSR count). The first-order valence-corrected chi connectivity index (χ1v) is 8.62. The van der Waals surface area contributed by atoms with E-state index in [2.05, 4.69) is 10.5 Å². The molecule has 8 heteroatoms. The second kappa shape index (κ2) is 10.1. The van der Waals surface area contributed by atoms with Crippen LogP contribution in [0.5, 0.6) is 5.75 Å². The Hall–Kier alpha value is -3.16. The van der Waals surface area contributed by atoms with E-state index in [9.17, 15) is 14.4 Å². The predicted molar refractivity (Wildman–Crippen MR) is 96.6 cm³/mol. The van der Waals surface area contributed by atoms with Gasteiger partial charge < -0.3 is 19.3 Å². The van der Waals surface area contributed by atoms with Gasteiger partial charge in [-0.25, -0.2) is 0 Å². The van der Waals surface area contributed by atoms with E-state index in [1.807, 2.05) is 6.92 Å². The number of Topliss-reactive ketones (excluding diaryl/α,β-unsaturated/α-hetero) is 1. The summed E-state index contributed by atoms with van der Waals surface area (Å²) in [5.74, 6) is 0.141. The van der Waals surface area contributed by atoms with Crippen LogP contribution in [0, 0.1) is 6.92 Å². The third-order valence-electron chi connectivity index (χ3n) is 3.47. The van der Waals surface area contributed by atoms with Crippen LogP contribution in [0.1, 0.15) is 42.3 Å². The summed E-state index contributed by atoms with van der Waals surface area (Å²) in [6.45, 7) is 3.85. The highest BCUT2D eigenvalue weighted by Crippen LogP contribution is 2.14. The second-order valence-electron chi connectivity index (χ2n) is 5.83. The van der Waals surface area contributed by atoms with Crippen molar-refractivity contribution in [3.63, 3.8) is 0 Å². The Morgan fingerprint density at radius 1 is 1.15 bits per heavy atom. The first-order valence-electron chi connectivity index (χ1n) is 8.62. The molecule has 1 heterocycles. The quantitative estimate of drug-likeness (QED) is 0.503. The molecule has 0 saturated carbocycles. The number of carbonyl (C=O) groups is 3. The summed E-state index contributed by atoms with van der Waals surface area (Å²) in [5.41, 5.74) is 0.491. The summed E-state index contributed by atoms with van der Waals surface area (Å²) >= 11 is 0. The second-order valence-corrected chi connectivity index (χ2v) is 5.83. The number of ether oxygens (including phenoxy) is 2. The molecular weight excluding hydrogens is 352 g/mol. The molecule has 2 aromatic rings. The number of carbonyl (C=O) groups excluding carboxylic acids is 3. The lowest BCUT2D eigenvalue weighted by atomic mass is 10.1. The number of nitrogens with one attached hydrogen (secondary N) is 1. The molecule has 0 fully saturated rings. The third-order valence-corrected chi connectivity index (χ3v) is 3.47. The molecule has 0 spiro atoms. The molecule has 0 aliphatic carbocycles. The van der Waals surface area contributed by atoms with Crippen molar-refractivity contribution >= 4 is 23.5 Å². The van der Waals surface area contributed by atoms with E-state index in [-0.39, 0.29) is 24.4 Å². The van der Waals surface area contributed by atoms with Crippen molar-refractivity contribution in [1.82, 2.24) is 5.16 Å². The first-order chi connectivity index (χ1) is 13.0. The minimum Gasteiger partial charge on any atom is -0.494 e. The van der Waals surface area contributed by atoms with Crippen molar-refractivity contribution < 1.29 is 28.4 Å². The average molecular weight is 374 g/mol. The van der Waals surface area contributed by atoms with Crippen molar-refractivity contribution in [3.8, 4) is 5.75 Å². The van der Waals surface area contributed by atoms with Gasteiger partial charge in [-0.15, -0.1) is 0 Å². The fourth-order valence-corrected chi connectivity index (χ4v) is 2.14. The van der Waals surface area contributed by atoms with Crippen LogP contribution in [0.3, 0.4) is 0 Å². The van der Waals surface area contributed by atoms with Gasteiger partial charge in [0.25, 0.3) is 5.91 Å². The maximum absolute atomic E-state index is 12.1. The van der Waals surface area contributed by atoms with Gasteiger partial charge in [0.05, 0.1) is 13.0 Å². The standard InChI is InChI=1S/C19H22N2O6/c1-3-10-25-15-6-4-14(5-7-15)16(22)8-9-19(24)26-12-18(23)20-17-11-13(2)27-21-17/h4-7,11H,3,8-10,12H2,1-2H3,(H,20,21,23). The zero-order valence-corrected chi connectivity index (χ0v) is 15.3. The molecule has 1 aromatic carbocycles. The fourth-order valence-electron chi connectivity index (χ4n) is 2.14. The Balaban J connectivity index is 1.69. The van der Waals surface area contributed by atoms with Crippen molar-refractivity contribution in [2.24, 2.45) is 0 Å². The van der Waals surface area contributed by atoms with E-state index in [1.54, 1.807) is 31.2 Å². The van der Waals surface area contributed by atoms with Crippen molar-refractivity contribution in [2.45, 2.75) is 33.1 Å². The first kappa shape index (κ1) is 20.2. The molecule has 0 aliphatic rings. The van der Waals surface area contributed by atoms with Crippen LogP contribution in [-0.4, -0.2) is 36.0 Å². The van der Waals surface area contributed by atoms with Crippen LogP contribution in [-0.2, 0) is 14.3 Å². The van der Waals surface area contributed by atoms with Gasteiger partial charge in [0, 0.05) is 18.1 Å². The summed E-state index contributed by atoms with van der Waals surface area (Å²) in [6, 6.07) is 8.29. The maximum Gasteiger partial charge on any atom is 0.306 e. The zero-order chi connectivity index (χ0) is 19.6. The van der Waals surface area contributed by atoms with Crippen LogP contribution < -0.4 is 10.1 Å². The topological polar surface area (TPSA) is 108 Å². The predicted octanol–water partition coefficient (Wildman–Crippen LogP) is 2.92. The number of nitrogens with zero attached hydrogens (tertiary/aromatic N) is 1. The van der Waals surface area contributed by atoms with Crippen molar-refractivity contribution in [3.05, 3.63) is 41.7 Å². The molecule has 1 amide bonds. The summed E-state index contributed by atoms with van der Waals surface area (Å²) in [4.78, 5) is 35.5. The van der Waals surface area contributed by atoms with E-state index in [1.165, 1.54) is 6.07 Å². The van der Waals surface area contributed by atoms with Gasteiger partial charge in [-0.3, -0.25) is 14.4 Å². The largest absolute Gasteiger partial charge is 0.494 e. The SMILES string of the molecule is CCCOc1ccc(C(=O)CCC(=O)OCC(=O)Nc2cc(C)on2)cc1. The Kier molecular flexibility index (Phi) is 7.54. The number of anilines is 1. The van der Waals surface area contributed by atoms with Gasteiger partial charge >= 0.3 is 5.97 Å². The molecule has 144 valence electrons. The number of esters is 1. The molecule has 0 atom stereocenters. The van der Waals surface area contributed by atoms with E-state index in [0.717, 1.165) is 6.42 Å². The molecule has 27 heavy (non-hydrogen) atoms. The molecule has 1 aromatic heterocycles. The van der Waals surface area contributed by atoms with Crippen LogP contribution >= 0.6 is 0 Å². The number of ketones is 1. The van der Waals surface area contributed by atoms with Crippen LogP contribution in [0.2, 0.25) is 0 Å². The Bertz CT molecular complexity index is 782. The smallest absolute Gasteiger partial charge is 0.306 e. The van der Waals surface area contributed by atoms with E-state index >= 15 is 0 Å². The molecule has 0 bridgehead atoms. The number of hydrogen-bond acceptors (Lipinski definition) is 7. The fraction of sp³-hybridized carbons (Fsp3) is 0.368. The van der Waals surface area contributed by atoms with E-state index in [4.69, 9.17) is 14.0 Å². The van der Waals surface area contributed by atoms with Gasteiger partial charge in [-0.2, -0.15) is 0 Å². The van der Waals surface area contributed by atoms with Crippen LogP contribution in [0.25, 0.3) is 0 Å². The maximum atomic E-state index is 12.1. The number of benzene rings is 1. The zero-order valence-electron chi connectivity index (χ0n) is 15.3. The molecule has 0 unspecified atom stereocenters. The third kappa shape index (κ3) is 6.93. The highest BCUT2D eigenvalue weighted by molar-refractivity contribution is 5.98. The number of aryl methyl sites for hydroxylation is 1. The number of rotatable bonds is 10. The molecule has 0 saturated heterocycles. The minimum absolute atomic E-state index is 0.00189. The molecule has 8 nitrogen and oxygen atoms in total. The highest BCUT2D eigenvalue weighted by Gasteiger charge is 2.13. The van der Waals surface area contributed by atoms with Gasteiger partial charge in [-0.1, -0.05) is 12.1 Å². The summed E-state index contributed by atoms with van der Waals surface area (Å²) in [6.07, 6.45) is 0.792. The number of amides is 1. The Labute approximate surface area is 156 Å². The lowest BCUT2D eigenvalue weighted by Crippen LogP contribution is -2.21. The lowest BCUT2D eigenvalue weighted by molar-refractivity contribution is -0.147. The summed E-state index contributed by atoms with van der Waals surface area (Å²) in [7, 11) is 0. The van der Waals surface area contributed by atoms with Crippen LogP contribution in [0.15, 0.2) is 34.9 Å². The van der Waals surface area contributed by atoms with Crippen molar-refractivity contribution in [2.75, 3.05) is 18.5 Å². The van der Waals surface area contributed by atoms with Gasteiger partial charge in [-0.05, 0) is 37.6 Å². The van der Waals surface area contributed by atoms with Gasteiger partial charge in [0.1, 0.15) is 11.5 Å². The Morgan fingerprint density at radius 3 is 2.52 bits per heavy atom. The van der Waals surface area contributed by atoms with Gasteiger partial charge in [0.15, 0.2) is 18.2 Å². The molecule has 0 aliphatic heterocycles. The van der Waals surface area contributed by atoms with E-state index < -0.39 is 18.5 Å². The average Bonchev–Trinajstić information content (AvgIpc) is 3.07. The van der Waals surface area contributed by atoms with Crippen molar-refractivity contribution in [1.29, 1.82) is 0 Å². The number of hydrogen-bond donors (Lipinski definition) is 1. The molecule has 1 N–H and O–H groups in total. The number of aromatic nitrogens is 1. The normalized spacial score (nSPS) is 10.3. The lowest BCUT2D eigenvalue weighted by Gasteiger charge is -2.06. The summed E-state index contributed by atoms with van der Waals surface area (Å²) in [5, 5.41) is 6.03. The monoisotopic (exact) mass is 374 g/mol. The van der Waals surface area contributed by atoms with Crippen LogP contribution in [0.4, 0.5) is 5.82 Å². The molecule has 0 radical (unpaired) electrons. The minimum atomic E-state index is -0.627. The summed E-state index contributed by atoms with van der Waals surface area (Å²) < 4.78 is 15.1. The Morgan fingerprint density at radius 2 is 1.89 bits per heavy atom. The van der Waals surface area contributed by atoms with E-state index in [0.29, 0.717) is 23.7 Å². The highest BCUT2D eigenvalue weighted by atomic mass is 16.5. The van der Waals surface area contributed by atoms with Gasteiger partial charge in [0.2, 0.25) is 0 Å².